The molecule has 1 fully saturated rings. The van der Waals surface area contributed by atoms with E-state index in [1.54, 1.807) is 11.0 Å². The maximum atomic E-state index is 13.1. The number of esters is 1. The molecule has 1 aromatic carbocycles. The predicted octanol–water partition coefficient (Wildman–Crippen LogP) is 2.78. The Balaban J connectivity index is 2.02. The van der Waals surface area contributed by atoms with Gasteiger partial charge in [0.2, 0.25) is 0 Å². The molecule has 21 heavy (non-hydrogen) atoms. The number of ether oxygens (including phenoxy) is 1. The van der Waals surface area contributed by atoms with E-state index in [4.69, 9.17) is 0 Å². The normalized spacial score (nSPS) is 18.2. The average Bonchev–Trinajstić information content (AvgIpc) is 2.47. The first-order chi connectivity index (χ1) is 10.1. The lowest BCUT2D eigenvalue weighted by Gasteiger charge is -2.35. The minimum atomic E-state index is -0.405. The molecule has 5 nitrogen and oxygen atoms in total. The van der Waals surface area contributed by atoms with Crippen LogP contribution in [0.25, 0.3) is 0 Å². The summed E-state index contributed by atoms with van der Waals surface area (Å²) < 4.78 is 17.8. The fourth-order valence-electron chi connectivity index (χ4n) is 2.52. The van der Waals surface area contributed by atoms with Crippen molar-refractivity contribution in [1.29, 1.82) is 0 Å². The summed E-state index contributed by atoms with van der Waals surface area (Å²) in [4.78, 5) is 25.4. The highest BCUT2D eigenvalue weighted by Crippen LogP contribution is 2.21. The molecule has 1 N–H and O–H groups in total. The van der Waals surface area contributed by atoms with Crippen molar-refractivity contribution in [2.24, 2.45) is 0 Å². The molecule has 114 valence electrons. The van der Waals surface area contributed by atoms with Crippen molar-refractivity contribution >= 4 is 17.7 Å². The average molecular weight is 294 g/mol. The van der Waals surface area contributed by atoms with Gasteiger partial charge in [-0.1, -0.05) is 6.07 Å². The molecule has 0 bridgehead atoms. The number of piperidine rings is 1. The van der Waals surface area contributed by atoms with Crippen LogP contribution in [0.2, 0.25) is 0 Å². The van der Waals surface area contributed by atoms with Crippen molar-refractivity contribution in [3.63, 3.8) is 0 Å². The molecule has 0 aromatic heterocycles. The number of urea groups is 1. The van der Waals surface area contributed by atoms with Gasteiger partial charge in [-0.05, 0) is 37.5 Å². The van der Waals surface area contributed by atoms with Gasteiger partial charge in [-0.3, -0.25) is 4.79 Å². The van der Waals surface area contributed by atoms with Crippen LogP contribution in [-0.4, -0.2) is 36.6 Å². The second-order valence-electron chi connectivity index (χ2n) is 5.06. The Morgan fingerprint density at radius 1 is 1.43 bits per heavy atom. The summed E-state index contributed by atoms with van der Waals surface area (Å²) in [6.45, 7) is 0.586. The van der Waals surface area contributed by atoms with Crippen molar-refractivity contribution < 1.29 is 18.7 Å². The molecule has 0 radical (unpaired) electrons. The number of anilines is 1. The number of nitrogens with one attached hydrogen (secondary N) is 1. The van der Waals surface area contributed by atoms with Crippen molar-refractivity contribution in [3.05, 3.63) is 30.1 Å². The molecule has 1 atom stereocenters. The Bertz CT molecular complexity index is 521. The van der Waals surface area contributed by atoms with Crippen molar-refractivity contribution in [3.8, 4) is 0 Å². The molecule has 1 unspecified atom stereocenters. The van der Waals surface area contributed by atoms with Gasteiger partial charge in [0.05, 0.1) is 13.5 Å². The molecular weight excluding hydrogens is 275 g/mol. The summed E-state index contributed by atoms with van der Waals surface area (Å²) in [7, 11) is 1.34. The molecule has 1 heterocycles. The zero-order valence-corrected chi connectivity index (χ0v) is 12.0. The molecule has 1 saturated heterocycles. The summed E-state index contributed by atoms with van der Waals surface area (Å²) >= 11 is 0. The summed E-state index contributed by atoms with van der Waals surface area (Å²) in [6.07, 6.45) is 2.83. The van der Waals surface area contributed by atoms with Crippen molar-refractivity contribution in [1.82, 2.24) is 4.90 Å². The van der Waals surface area contributed by atoms with E-state index in [2.05, 4.69) is 10.1 Å². The molecule has 0 spiro atoms. The minimum Gasteiger partial charge on any atom is -0.469 e. The van der Waals surface area contributed by atoms with Gasteiger partial charge in [0.1, 0.15) is 5.82 Å². The standard InChI is InChI=1S/C15H19FN2O3/c1-21-14(19)10-13-7-2-3-8-18(13)15(20)17-12-6-4-5-11(16)9-12/h4-6,9,13H,2-3,7-8,10H2,1H3,(H,17,20). The van der Waals surface area contributed by atoms with E-state index >= 15 is 0 Å². The van der Waals surface area contributed by atoms with Gasteiger partial charge in [-0.2, -0.15) is 0 Å². The van der Waals surface area contributed by atoms with Crippen LogP contribution < -0.4 is 5.32 Å². The number of rotatable bonds is 3. The van der Waals surface area contributed by atoms with E-state index in [1.807, 2.05) is 0 Å². The molecule has 2 rings (SSSR count). The first-order valence-corrected chi connectivity index (χ1v) is 7.00. The van der Waals surface area contributed by atoms with Crippen molar-refractivity contribution in [2.45, 2.75) is 31.7 Å². The quantitative estimate of drug-likeness (QED) is 0.872. The van der Waals surface area contributed by atoms with Crippen LogP contribution in [0.15, 0.2) is 24.3 Å². The molecule has 1 aliphatic heterocycles. The number of hydrogen-bond donors (Lipinski definition) is 1. The number of methoxy groups -OCH3 is 1. The number of carbonyl (C=O) groups is 2. The second-order valence-corrected chi connectivity index (χ2v) is 5.06. The number of hydrogen-bond acceptors (Lipinski definition) is 3. The highest BCUT2D eigenvalue weighted by atomic mass is 19.1. The minimum absolute atomic E-state index is 0.167. The summed E-state index contributed by atoms with van der Waals surface area (Å²) in [5.74, 6) is -0.733. The molecular formula is C15H19FN2O3. The van der Waals surface area contributed by atoms with Crippen LogP contribution >= 0.6 is 0 Å². The lowest BCUT2D eigenvalue weighted by Crippen LogP contribution is -2.46. The predicted molar refractivity (Wildman–Crippen MR) is 76.4 cm³/mol. The van der Waals surface area contributed by atoms with Crippen LogP contribution in [0, 0.1) is 5.82 Å². The van der Waals surface area contributed by atoms with E-state index in [9.17, 15) is 14.0 Å². The third kappa shape index (κ3) is 4.18. The number of likely N-dealkylation sites (tertiary alicyclic amines) is 1. The first kappa shape index (κ1) is 15.3. The maximum Gasteiger partial charge on any atom is 0.322 e. The van der Waals surface area contributed by atoms with Crippen LogP contribution in [0.3, 0.4) is 0 Å². The number of benzene rings is 1. The van der Waals surface area contributed by atoms with Gasteiger partial charge >= 0.3 is 12.0 Å². The molecule has 0 saturated carbocycles. The second kappa shape index (κ2) is 7.06. The van der Waals surface area contributed by atoms with Gasteiger partial charge in [0.25, 0.3) is 0 Å². The smallest absolute Gasteiger partial charge is 0.322 e. The lowest BCUT2D eigenvalue weighted by molar-refractivity contribution is -0.142. The maximum absolute atomic E-state index is 13.1. The molecule has 1 aliphatic rings. The molecule has 2 amide bonds. The van der Waals surface area contributed by atoms with E-state index in [0.717, 1.165) is 19.3 Å². The molecule has 0 aliphatic carbocycles. The topological polar surface area (TPSA) is 58.6 Å². The summed E-state index contributed by atoms with van der Waals surface area (Å²) in [5, 5.41) is 2.67. The Labute approximate surface area is 123 Å². The van der Waals surface area contributed by atoms with Gasteiger partial charge in [0, 0.05) is 18.3 Å². The number of halogens is 1. The van der Waals surface area contributed by atoms with Gasteiger partial charge in [-0.25, -0.2) is 9.18 Å². The van der Waals surface area contributed by atoms with Crippen LogP contribution in [-0.2, 0) is 9.53 Å². The van der Waals surface area contributed by atoms with Gasteiger partial charge in [0.15, 0.2) is 0 Å². The summed E-state index contributed by atoms with van der Waals surface area (Å²) in [5.41, 5.74) is 0.405. The van der Waals surface area contributed by atoms with Crippen LogP contribution in [0.4, 0.5) is 14.9 Å². The molecule has 1 aromatic rings. The van der Waals surface area contributed by atoms with E-state index < -0.39 is 5.82 Å². The first-order valence-electron chi connectivity index (χ1n) is 7.00. The number of nitrogens with zero attached hydrogens (tertiary/aromatic N) is 1. The Morgan fingerprint density at radius 3 is 2.95 bits per heavy atom. The fraction of sp³-hybridized carbons (Fsp3) is 0.467. The van der Waals surface area contributed by atoms with E-state index in [-0.39, 0.29) is 24.5 Å². The zero-order valence-electron chi connectivity index (χ0n) is 12.0. The van der Waals surface area contributed by atoms with Crippen LogP contribution in [0.5, 0.6) is 0 Å². The van der Waals surface area contributed by atoms with Crippen molar-refractivity contribution in [2.75, 3.05) is 19.0 Å². The highest BCUT2D eigenvalue weighted by Gasteiger charge is 2.28. The Hall–Kier alpha value is -2.11. The van der Waals surface area contributed by atoms with E-state index in [0.29, 0.717) is 12.2 Å². The Morgan fingerprint density at radius 2 is 2.24 bits per heavy atom. The third-order valence-electron chi connectivity index (χ3n) is 3.59. The molecule has 6 heteroatoms. The van der Waals surface area contributed by atoms with Crippen LogP contribution in [0.1, 0.15) is 25.7 Å². The van der Waals surface area contributed by atoms with E-state index in [1.165, 1.54) is 25.3 Å². The fourth-order valence-corrected chi connectivity index (χ4v) is 2.52. The zero-order chi connectivity index (χ0) is 15.2. The van der Waals surface area contributed by atoms with Gasteiger partial charge in [-0.15, -0.1) is 0 Å². The van der Waals surface area contributed by atoms with Gasteiger partial charge < -0.3 is 15.0 Å². The lowest BCUT2D eigenvalue weighted by atomic mass is 10.00. The Kier molecular flexibility index (Phi) is 5.14. The third-order valence-corrected chi connectivity index (χ3v) is 3.59. The largest absolute Gasteiger partial charge is 0.469 e. The number of carbonyl (C=O) groups excluding carboxylic acids is 2. The highest BCUT2D eigenvalue weighted by molar-refractivity contribution is 5.90. The SMILES string of the molecule is COC(=O)CC1CCCCN1C(=O)Nc1cccc(F)c1. The monoisotopic (exact) mass is 294 g/mol. The number of amides is 2. The summed E-state index contributed by atoms with van der Waals surface area (Å²) in [6, 6.07) is 5.26.